The number of nitrogens with one attached hydrogen (secondary N) is 1. The summed E-state index contributed by atoms with van der Waals surface area (Å²) in [4.78, 5) is 2.60. The van der Waals surface area contributed by atoms with Crippen LogP contribution in [0.15, 0.2) is 29.2 Å². The summed E-state index contributed by atoms with van der Waals surface area (Å²) < 4.78 is 27.3. The van der Waals surface area contributed by atoms with E-state index in [-0.39, 0.29) is 10.9 Å². The molecule has 0 saturated heterocycles. The van der Waals surface area contributed by atoms with Crippen LogP contribution in [0, 0.1) is 0 Å². The number of likely N-dealkylation sites (N-methyl/N-ethyl adjacent to an activating group) is 1. The first kappa shape index (κ1) is 16.4. The molecule has 0 spiro atoms. The zero-order valence-electron chi connectivity index (χ0n) is 12.7. The van der Waals surface area contributed by atoms with Crippen LogP contribution in [0.5, 0.6) is 0 Å². The highest BCUT2D eigenvalue weighted by Gasteiger charge is 2.27. The molecule has 1 saturated carbocycles. The van der Waals surface area contributed by atoms with Crippen LogP contribution in [0.3, 0.4) is 0 Å². The topological polar surface area (TPSA) is 75.4 Å². The van der Waals surface area contributed by atoms with Gasteiger partial charge in [0.15, 0.2) is 0 Å². The molecule has 0 amide bonds. The van der Waals surface area contributed by atoms with Crippen molar-refractivity contribution in [2.75, 3.05) is 19.6 Å². The quantitative estimate of drug-likeness (QED) is 0.762. The van der Waals surface area contributed by atoms with E-state index < -0.39 is 10.0 Å². The lowest BCUT2D eigenvalue weighted by Gasteiger charge is -2.19. The molecule has 1 aromatic carbocycles. The van der Waals surface area contributed by atoms with Gasteiger partial charge in [0.2, 0.25) is 10.0 Å². The van der Waals surface area contributed by atoms with Crippen LogP contribution in [0.4, 0.5) is 0 Å². The molecule has 6 heteroatoms. The molecule has 5 nitrogen and oxygen atoms in total. The molecule has 0 aromatic heterocycles. The van der Waals surface area contributed by atoms with Gasteiger partial charge in [0.05, 0.1) is 4.90 Å². The number of hydrogen-bond donors (Lipinski definition) is 2. The maximum Gasteiger partial charge on any atom is 0.240 e. The number of rotatable bonds is 8. The highest BCUT2D eigenvalue weighted by molar-refractivity contribution is 7.89. The Balaban J connectivity index is 1.96. The molecule has 1 aromatic rings. The lowest BCUT2D eigenvalue weighted by molar-refractivity contribution is 0.282. The van der Waals surface area contributed by atoms with Crippen molar-refractivity contribution in [1.82, 2.24) is 9.62 Å². The lowest BCUT2D eigenvalue weighted by atomic mass is 10.1. The predicted molar refractivity (Wildman–Crippen MR) is 84.5 cm³/mol. The van der Waals surface area contributed by atoms with Gasteiger partial charge in [-0.25, -0.2) is 13.1 Å². The van der Waals surface area contributed by atoms with Gasteiger partial charge in [-0.1, -0.05) is 19.1 Å². The molecule has 0 aliphatic heterocycles. The third-order valence-electron chi connectivity index (χ3n) is 3.85. The fraction of sp³-hybridized carbons (Fsp3) is 0.600. The van der Waals surface area contributed by atoms with E-state index in [1.54, 1.807) is 18.2 Å². The van der Waals surface area contributed by atoms with E-state index in [0.29, 0.717) is 12.6 Å². The molecular formula is C15H25N3O2S. The van der Waals surface area contributed by atoms with Crippen molar-refractivity contribution in [2.45, 2.75) is 43.7 Å². The molecule has 0 radical (unpaired) electrons. The monoisotopic (exact) mass is 311 g/mol. The average molecular weight is 311 g/mol. The van der Waals surface area contributed by atoms with Gasteiger partial charge in [0, 0.05) is 25.2 Å². The van der Waals surface area contributed by atoms with E-state index in [1.807, 2.05) is 13.0 Å². The van der Waals surface area contributed by atoms with Crippen LogP contribution < -0.4 is 10.5 Å². The first-order valence-electron chi connectivity index (χ1n) is 7.53. The molecule has 1 unspecified atom stereocenters. The van der Waals surface area contributed by atoms with Gasteiger partial charge in [-0.05, 0) is 44.0 Å². The van der Waals surface area contributed by atoms with Crippen molar-refractivity contribution in [3.05, 3.63) is 29.8 Å². The summed E-state index contributed by atoms with van der Waals surface area (Å²) >= 11 is 0. The van der Waals surface area contributed by atoms with E-state index in [4.69, 9.17) is 5.73 Å². The largest absolute Gasteiger partial charge is 0.324 e. The number of benzene rings is 1. The van der Waals surface area contributed by atoms with Gasteiger partial charge in [-0.3, -0.25) is 4.90 Å². The number of sulfonamides is 1. The predicted octanol–water partition coefficient (Wildman–Crippen LogP) is 1.47. The fourth-order valence-electron chi connectivity index (χ4n) is 2.41. The molecule has 0 bridgehead atoms. The van der Waals surface area contributed by atoms with Crippen LogP contribution in [0.1, 0.15) is 38.3 Å². The molecule has 21 heavy (non-hydrogen) atoms. The molecule has 118 valence electrons. The van der Waals surface area contributed by atoms with Gasteiger partial charge in [-0.2, -0.15) is 0 Å². The minimum atomic E-state index is -3.46. The first-order valence-corrected chi connectivity index (χ1v) is 9.01. The van der Waals surface area contributed by atoms with E-state index in [1.165, 1.54) is 12.8 Å². The standard InChI is InChI=1S/C15H25N3O2S/c1-3-18(14-7-8-14)10-9-17-21(19,20)15-6-4-5-13(11-15)12(2)16/h4-6,11-12,14,17H,3,7-10,16H2,1-2H3. The zero-order chi connectivity index (χ0) is 15.5. The summed E-state index contributed by atoms with van der Waals surface area (Å²) in [6, 6.07) is 7.30. The van der Waals surface area contributed by atoms with Gasteiger partial charge in [0.25, 0.3) is 0 Å². The van der Waals surface area contributed by atoms with Crippen molar-refractivity contribution in [1.29, 1.82) is 0 Å². The average Bonchev–Trinajstić information content (AvgIpc) is 3.28. The van der Waals surface area contributed by atoms with Gasteiger partial charge in [0.1, 0.15) is 0 Å². The lowest BCUT2D eigenvalue weighted by Crippen LogP contribution is -2.36. The minimum absolute atomic E-state index is 0.175. The Morgan fingerprint density at radius 3 is 2.71 bits per heavy atom. The van der Waals surface area contributed by atoms with Gasteiger partial charge in [-0.15, -0.1) is 0 Å². The third-order valence-corrected chi connectivity index (χ3v) is 5.31. The molecule has 1 aliphatic carbocycles. The molecule has 1 atom stereocenters. The van der Waals surface area contributed by atoms with Crippen LogP contribution >= 0.6 is 0 Å². The second-order valence-corrected chi connectivity index (χ2v) is 7.39. The number of nitrogens with two attached hydrogens (primary N) is 1. The summed E-state index contributed by atoms with van der Waals surface area (Å²) in [6.45, 7) is 6.11. The molecule has 3 N–H and O–H groups in total. The van der Waals surface area contributed by atoms with Crippen LogP contribution in [0.2, 0.25) is 0 Å². The van der Waals surface area contributed by atoms with Crippen molar-refractivity contribution in [3.63, 3.8) is 0 Å². The minimum Gasteiger partial charge on any atom is -0.324 e. The Morgan fingerprint density at radius 2 is 2.14 bits per heavy atom. The summed E-state index contributed by atoms with van der Waals surface area (Å²) in [5.74, 6) is 0. The maximum absolute atomic E-state index is 12.3. The number of hydrogen-bond acceptors (Lipinski definition) is 4. The second-order valence-electron chi connectivity index (χ2n) is 5.62. The van der Waals surface area contributed by atoms with E-state index >= 15 is 0 Å². The molecule has 0 heterocycles. The Kier molecular flexibility index (Phi) is 5.37. The highest BCUT2D eigenvalue weighted by Crippen LogP contribution is 2.25. The van der Waals surface area contributed by atoms with Gasteiger partial charge >= 0.3 is 0 Å². The summed E-state index contributed by atoms with van der Waals surface area (Å²) in [5, 5.41) is 0. The van der Waals surface area contributed by atoms with E-state index in [9.17, 15) is 8.42 Å². The van der Waals surface area contributed by atoms with Crippen LogP contribution in [0.25, 0.3) is 0 Å². The second kappa shape index (κ2) is 6.87. The summed E-state index contributed by atoms with van der Waals surface area (Å²) in [5.41, 5.74) is 6.63. The Labute approximate surface area is 127 Å². The van der Waals surface area contributed by atoms with Crippen molar-refractivity contribution in [2.24, 2.45) is 5.73 Å². The van der Waals surface area contributed by atoms with E-state index in [0.717, 1.165) is 18.7 Å². The molecule has 2 rings (SSSR count). The van der Waals surface area contributed by atoms with Crippen molar-refractivity contribution < 1.29 is 8.42 Å². The highest BCUT2D eigenvalue weighted by atomic mass is 32.2. The van der Waals surface area contributed by atoms with E-state index in [2.05, 4.69) is 16.5 Å². The maximum atomic E-state index is 12.3. The third kappa shape index (κ3) is 4.51. The fourth-order valence-corrected chi connectivity index (χ4v) is 3.49. The zero-order valence-corrected chi connectivity index (χ0v) is 13.6. The van der Waals surface area contributed by atoms with Crippen LogP contribution in [-0.2, 0) is 10.0 Å². The molecule has 1 fully saturated rings. The Morgan fingerprint density at radius 1 is 1.43 bits per heavy atom. The summed E-state index contributed by atoms with van der Waals surface area (Å²) in [6.07, 6.45) is 2.47. The van der Waals surface area contributed by atoms with Gasteiger partial charge < -0.3 is 5.73 Å². The van der Waals surface area contributed by atoms with Crippen molar-refractivity contribution >= 4 is 10.0 Å². The molecule has 1 aliphatic rings. The molecular weight excluding hydrogens is 286 g/mol. The van der Waals surface area contributed by atoms with Crippen molar-refractivity contribution in [3.8, 4) is 0 Å². The Bertz CT molecular complexity index is 568. The summed E-state index contributed by atoms with van der Waals surface area (Å²) in [7, 11) is -3.46. The Hall–Kier alpha value is -0.950. The number of nitrogens with zero attached hydrogens (tertiary/aromatic N) is 1. The normalized spacial score (nSPS) is 17.1. The SMILES string of the molecule is CCN(CCNS(=O)(=O)c1cccc(C(C)N)c1)C1CC1. The smallest absolute Gasteiger partial charge is 0.240 e. The van der Waals surface area contributed by atoms with Crippen LogP contribution in [-0.4, -0.2) is 39.0 Å². The first-order chi connectivity index (χ1) is 9.94.